The molecule has 14 heavy (non-hydrogen) atoms. The van der Waals surface area contributed by atoms with Crippen molar-refractivity contribution >= 4 is 11.7 Å². The summed E-state index contributed by atoms with van der Waals surface area (Å²) in [6.07, 6.45) is 0. The third-order valence-electron chi connectivity index (χ3n) is 1.51. The summed E-state index contributed by atoms with van der Waals surface area (Å²) in [6.45, 7) is 1.34. The lowest BCUT2D eigenvalue weighted by Crippen LogP contribution is -2.30. The number of aromatic amines is 1. The lowest BCUT2D eigenvalue weighted by molar-refractivity contribution is -0.116. The van der Waals surface area contributed by atoms with Crippen LogP contribution in [0.4, 0.5) is 0 Å². The Balaban J connectivity index is 2.70. The third kappa shape index (κ3) is 2.85. The van der Waals surface area contributed by atoms with Gasteiger partial charge in [0.2, 0.25) is 5.56 Å². The number of ketones is 1. The summed E-state index contributed by atoms with van der Waals surface area (Å²) >= 11 is 0. The maximum atomic E-state index is 11.3. The Hall–Kier alpha value is -1.91. The van der Waals surface area contributed by atoms with Gasteiger partial charge in [-0.05, 0) is 13.0 Å². The molecule has 0 aliphatic rings. The minimum Gasteiger partial charge on any atom is -0.344 e. The lowest BCUT2D eigenvalue weighted by atomic mass is 10.3. The molecule has 0 aliphatic carbocycles. The van der Waals surface area contributed by atoms with Crippen LogP contribution in [0.1, 0.15) is 17.4 Å². The summed E-state index contributed by atoms with van der Waals surface area (Å²) < 4.78 is 0. The SMILES string of the molecule is CC(=O)CNC(=O)c1cccc(=O)[nH]1. The molecule has 0 aliphatic heterocycles. The monoisotopic (exact) mass is 194 g/mol. The third-order valence-corrected chi connectivity index (χ3v) is 1.51. The van der Waals surface area contributed by atoms with Crippen LogP contribution in [0.3, 0.4) is 0 Å². The fourth-order valence-electron chi connectivity index (χ4n) is 0.880. The molecule has 1 amide bonds. The number of carbonyl (C=O) groups is 2. The lowest BCUT2D eigenvalue weighted by Gasteiger charge is -2.01. The van der Waals surface area contributed by atoms with Crippen molar-refractivity contribution in [2.45, 2.75) is 6.92 Å². The van der Waals surface area contributed by atoms with Crippen LogP contribution < -0.4 is 10.9 Å². The highest BCUT2D eigenvalue weighted by Crippen LogP contribution is 1.88. The van der Waals surface area contributed by atoms with Gasteiger partial charge in [-0.15, -0.1) is 0 Å². The van der Waals surface area contributed by atoms with Crippen LogP contribution in [-0.2, 0) is 4.79 Å². The minimum absolute atomic E-state index is 0.0320. The number of aromatic nitrogens is 1. The molecule has 5 nitrogen and oxygen atoms in total. The minimum atomic E-state index is -0.460. The first kappa shape index (κ1) is 10.2. The van der Waals surface area contributed by atoms with E-state index in [0.29, 0.717) is 0 Å². The Morgan fingerprint density at radius 2 is 2.14 bits per heavy atom. The quantitative estimate of drug-likeness (QED) is 0.693. The summed E-state index contributed by atoms with van der Waals surface area (Å²) in [5, 5.41) is 2.37. The van der Waals surface area contributed by atoms with E-state index in [1.807, 2.05) is 0 Å². The van der Waals surface area contributed by atoms with Gasteiger partial charge in [0.05, 0.1) is 6.54 Å². The van der Waals surface area contributed by atoms with Gasteiger partial charge in [-0.3, -0.25) is 14.4 Å². The number of rotatable bonds is 3. The van der Waals surface area contributed by atoms with Crippen LogP contribution in [-0.4, -0.2) is 23.2 Å². The average Bonchev–Trinajstić information content (AvgIpc) is 2.14. The van der Waals surface area contributed by atoms with Gasteiger partial charge in [-0.1, -0.05) is 6.07 Å². The van der Waals surface area contributed by atoms with Gasteiger partial charge in [0, 0.05) is 6.07 Å². The Morgan fingerprint density at radius 3 is 2.71 bits per heavy atom. The zero-order valence-electron chi connectivity index (χ0n) is 7.66. The number of pyridine rings is 1. The van der Waals surface area contributed by atoms with Gasteiger partial charge in [0.15, 0.2) is 0 Å². The Bertz CT molecular complexity index is 409. The smallest absolute Gasteiger partial charge is 0.268 e. The normalized spacial score (nSPS) is 9.50. The van der Waals surface area contributed by atoms with Crippen molar-refractivity contribution in [3.05, 3.63) is 34.2 Å². The van der Waals surface area contributed by atoms with Gasteiger partial charge in [0.25, 0.3) is 5.91 Å². The van der Waals surface area contributed by atoms with Gasteiger partial charge >= 0.3 is 0 Å². The molecule has 0 fully saturated rings. The molecule has 0 spiro atoms. The second-order valence-corrected chi connectivity index (χ2v) is 2.81. The zero-order valence-corrected chi connectivity index (χ0v) is 7.66. The molecule has 0 atom stereocenters. The van der Waals surface area contributed by atoms with Crippen LogP contribution in [0, 0.1) is 0 Å². The summed E-state index contributed by atoms with van der Waals surface area (Å²) in [6, 6.07) is 4.25. The zero-order chi connectivity index (χ0) is 10.6. The first-order chi connectivity index (χ1) is 6.59. The predicted molar refractivity (Wildman–Crippen MR) is 50.1 cm³/mol. The maximum absolute atomic E-state index is 11.3. The number of Topliss-reactive ketones (excluding diaryl/α,β-unsaturated/α-hetero) is 1. The molecular weight excluding hydrogens is 184 g/mol. The fraction of sp³-hybridized carbons (Fsp3) is 0.222. The molecule has 74 valence electrons. The molecule has 5 heteroatoms. The molecule has 1 aromatic rings. The standard InChI is InChI=1S/C9H10N2O3/c1-6(12)5-10-9(14)7-3-2-4-8(13)11-7/h2-4H,5H2,1H3,(H,10,14)(H,11,13). The van der Waals surface area contributed by atoms with E-state index in [2.05, 4.69) is 10.3 Å². The van der Waals surface area contributed by atoms with Gasteiger partial charge in [0.1, 0.15) is 11.5 Å². The number of amides is 1. The Kier molecular flexibility index (Phi) is 3.17. The van der Waals surface area contributed by atoms with Crippen molar-refractivity contribution in [3.63, 3.8) is 0 Å². The van der Waals surface area contributed by atoms with E-state index in [4.69, 9.17) is 0 Å². The molecule has 2 N–H and O–H groups in total. The summed E-state index contributed by atoms with van der Waals surface area (Å²) in [5.74, 6) is -0.602. The Labute approximate surface area is 80.1 Å². The largest absolute Gasteiger partial charge is 0.344 e. The first-order valence-electron chi connectivity index (χ1n) is 4.06. The van der Waals surface area contributed by atoms with E-state index in [9.17, 15) is 14.4 Å². The van der Waals surface area contributed by atoms with Crippen molar-refractivity contribution in [1.82, 2.24) is 10.3 Å². The van der Waals surface area contributed by atoms with Gasteiger partial charge in [-0.25, -0.2) is 0 Å². The highest BCUT2D eigenvalue weighted by atomic mass is 16.2. The molecule has 0 saturated heterocycles. The van der Waals surface area contributed by atoms with Crippen molar-refractivity contribution in [2.24, 2.45) is 0 Å². The fourth-order valence-corrected chi connectivity index (χ4v) is 0.880. The maximum Gasteiger partial charge on any atom is 0.268 e. The van der Waals surface area contributed by atoms with Crippen LogP contribution in [0.25, 0.3) is 0 Å². The van der Waals surface area contributed by atoms with Crippen molar-refractivity contribution < 1.29 is 9.59 Å². The molecular formula is C9H10N2O3. The summed E-state index contributed by atoms with van der Waals surface area (Å²) in [4.78, 5) is 35.0. The highest BCUT2D eigenvalue weighted by Gasteiger charge is 2.05. The number of hydrogen-bond donors (Lipinski definition) is 2. The summed E-state index contributed by atoms with van der Waals surface area (Å²) in [5.41, 5.74) is -0.195. The average molecular weight is 194 g/mol. The van der Waals surface area contributed by atoms with Crippen molar-refractivity contribution in [2.75, 3.05) is 6.54 Å². The molecule has 0 radical (unpaired) electrons. The molecule has 1 aromatic heterocycles. The molecule has 0 aromatic carbocycles. The van der Waals surface area contributed by atoms with Gasteiger partial charge in [-0.2, -0.15) is 0 Å². The van der Waals surface area contributed by atoms with E-state index in [1.54, 1.807) is 0 Å². The van der Waals surface area contributed by atoms with Crippen molar-refractivity contribution in [1.29, 1.82) is 0 Å². The van der Waals surface area contributed by atoms with E-state index >= 15 is 0 Å². The number of hydrogen-bond acceptors (Lipinski definition) is 3. The Morgan fingerprint density at radius 1 is 1.43 bits per heavy atom. The van der Waals surface area contributed by atoms with Crippen molar-refractivity contribution in [3.8, 4) is 0 Å². The number of H-pyrrole nitrogens is 1. The van der Waals surface area contributed by atoms with Gasteiger partial charge < -0.3 is 10.3 Å². The molecule has 1 heterocycles. The second kappa shape index (κ2) is 4.36. The van der Waals surface area contributed by atoms with E-state index in [0.717, 1.165) is 0 Å². The van der Waals surface area contributed by atoms with Crippen LogP contribution in [0.15, 0.2) is 23.0 Å². The van der Waals surface area contributed by atoms with E-state index < -0.39 is 5.91 Å². The first-order valence-corrected chi connectivity index (χ1v) is 4.06. The second-order valence-electron chi connectivity index (χ2n) is 2.81. The van der Waals surface area contributed by atoms with Crippen LogP contribution in [0.2, 0.25) is 0 Å². The molecule has 0 bridgehead atoms. The molecule has 0 saturated carbocycles. The van der Waals surface area contributed by atoms with Crippen LogP contribution >= 0.6 is 0 Å². The highest BCUT2D eigenvalue weighted by molar-refractivity contribution is 5.94. The molecule has 1 rings (SSSR count). The van der Waals surface area contributed by atoms with E-state index in [-0.39, 0.29) is 23.6 Å². The number of nitrogens with one attached hydrogen (secondary N) is 2. The van der Waals surface area contributed by atoms with Crippen LogP contribution in [0.5, 0.6) is 0 Å². The predicted octanol–water partition coefficient (Wildman–Crippen LogP) is -0.306. The summed E-state index contributed by atoms with van der Waals surface area (Å²) in [7, 11) is 0. The van der Waals surface area contributed by atoms with E-state index in [1.165, 1.54) is 25.1 Å². The topological polar surface area (TPSA) is 79.0 Å². The molecule has 0 unspecified atom stereocenters. The number of carbonyl (C=O) groups excluding carboxylic acids is 2.